The van der Waals surface area contributed by atoms with Gasteiger partial charge in [-0.25, -0.2) is 4.98 Å². The van der Waals surface area contributed by atoms with Gasteiger partial charge in [-0.15, -0.1) is 0 Å². The number of furan rings is 1. The standard InChI is InChI=1S/C38H30BrN5O4/c1-23-8-4-6-10-32(23)41-36(45)22-47-30-15-13-29(14-16-30)43-24(2)18-27(25(43)3)21-40-44-37(42-33-11-7-5-9-31(33)38(44)46)35-20-26-19-28(39)12-17-34(26)48-35/h4-21H,22H2,1-3H3,(H,41,45). The molecule has 0 saturated carbocycles. The summed E-state index contributed by atoms with van der Waals surface area (Å²) in [6, 6.07) is 31.9. The molecule has 0 aliphatic rings. The predicted molar refractivity (Wildman–Crippen MR) is 192 cm³/mol. The Balaban J connectivity index is 1.15. The molecule has 0 atom stereocenters. The maximum atomic E-state index is 13.7. The molecule has 0 radical (unpaired) electrons. The second-order valence-electron chi connectivity index (χ2n) is 11.4. The van der Waals surface area contributed by atoms with Crippen LogP contribution in [0.25, 0.3) is 39.1 Å². The Hall–Kier alpha value is -5.74. The molecule has 10 heteroatoms. The number of fused-ring (bicyclic) bond motifs is 2. The van der Waals surface area contributed by atoms with Crippen molar-refractivity contribution in [1.29, 1.82) is 0 Å². The molecule has 7 rings (SSSR count). The van der Waals surface area contributed by atoms with Crippen LogP contribution in [-0.2, 0) is 4.79 Å². The van der Waals surface area contributed by atoms with Crippen molar-refractivity contribution < 1.29 is 13.9 Å². The Morgan fingerprint density at radius 3 is 2.54 bits per heavy atom. The molecule has 238 valence electrons. The molecule has 0 bridgehead atoms. The topological polar surface area (TPSA) is 104 Å². The quantitative estimate of drug-likeness (QED) is 0.161. The largest absolute Gasteiger partial charge is 0.484 e. The monoisotopic (exact) mass is 699 g/mol. The van der Waals surface area contributed by atoms with E-state index in [1.165, 1.54) is 4.68 Å². The van der Waals surface area contributed by atoms with E-state index in [9.17, 15) is 9.59 Å². The van der Waals surface area contributed by atoms with Crippen LogP contribution in [0, 0.1) is 20.8 Å². The van der Waals surface area contributed by atoms with E-state index in [0.29, 0.717) is 33.8 Å². The Morgan fingerprint density at radius 1 is 0.958 bits per heavy atom. The SMILES string of the molecule is Cc1ccccc1NC(=O)COc1ccc(-n2c(C)cc(C=Nn3c(-c4cc5cc(Br)ccc5o4)nc4ccccc4c3=O)c2C)cc1. The summed E-state index contributed by atoms with van der Waals surface area (Å²) in [5.41, 5.74) is 6.34. The summed E-state index contributed by atoms with van der Waals surface area (Å²) >= 11 is 3.51. The van der Waals surface area contributed by atoms with Crippen molar-refractivity contribution >= 4 is 55.6 Å². The molecule has 0 saturated heterocycles. The first-order valence-corrected chi connectivity index (χ1v) is 16.1. The number of carbonyl (C=O) groups excluding carboxylic acids is 1. The van der Waals surface area contributed by atoms with Crippen LogP contribution in [0.3, 0.4) is 0 Å². The molecular formula is C38H30BrN5O4. The van der Waals surface area contributed by atoms with Crippen LogP contribution >= 0.6 is 15.9 Å². The van der Waals surface area contributed by atoms with E-state index < -0.39 is 0 Å². The lowest BCUT2D eigenvalue weighted by atomic mass is 10.2. The summed E-state index contributed by atoms with van der Waals surface area (Å²) in [5.74, 6) is 1.09. The van der Waals surface area contributed by atoms with Crippen LogP contribution in [0.1, 0.15) is 22.5 Å². The van der Waals surface area contributed by atoms with E-state index in [2.05, 4.69) is 30.9 Å². The van der Waals surface area contributed by atoms with Gasteiger partial charge in [-0.3, -0.25) is 9.59 Å². The number of para-hydroxylation sites is 2. The van der Waals surface area contributed by atoms with Crippen molar-refractivity contribution in [3.05, 3.63) is 140 Å². The number of benzene rings is 4. The van der Waals surface area contributed by atoms with Crippen molar-refractivity contribution in [2.24, 2.45) is 5.10 Å². The number of hydrogen-bond acceptors (Lipinski definition) is 6. The molecule has 4 aromatic carbocycles. The molecule has 0 fully saturated rings. The molecule has 0 unspecified atom stereocenters. The highest BCUT2D eigenvalue weighted by Gasteiger charge is 2.17. The minimum absolute atomic E-state index is 0.105. The molecule has 3 heterocycles. The van der Waals surface area contributed by atoms with Crippen molar-refractivity contribution in [3.63, 3.8) is 0 Å². The van der Waals surface area contributed by atoms with Gasteiger partial charge in [0.15, 0.2) is 12.4 Å². The Bertz CT molecular complexity index is 2420. The summed E-state index contributed by atoms with van der Waals surface area (Å²) in [6.45, 7) is 5.84. The smallest absolute Gasteiger partial charge is 0.282 e. The zero-order valence-electron chi connectivity index (χ0n) is 26.4. The Morgan fingerprint density at radius 2 is 1.73 bits per heavy atom. The molecule has 0 aliphatic heterocycles. The van der Waals surface area contributed by atoms with Crippen molar-refractivity contribution in [3.8, 4) is 23.0 Å². The van der Waals surface area contributed by atoms with Gasteiger partial charge in [0.2, 0.25) is 5.82 Å². The number of anilines is 1. The Labute approximate surface area is 284 Å². The number of carbonyl (C=O) groups is 1. The second-order valence-corrected chi connectivity index (χ2v) is 12.3. The van der Waals surface area contributed by atoms with Gasteiger partial charge in [0.05, 0.1) is 17.1 Å². The van der Waals surface area contributed by atoms with Crippen LogP contribution in [0.5, 0.6) is 5.75 Å². The molecule has 48 heavy (non-hydrogen) atoms. The lowest BCUT2D eigenvalue weighted by Crippen LogP contribution is -2.20. The van der Waals surface area contributed by atoms with Crippen molar-refractivity contribution in [2.45, 2.75) is 20.8 Å². The van der Waals surface area contributed by atoms with E-state index in [1.54, 1.807) is 18.3 Å². The van der Waals surface area contributed by atoms with Gasteiger partial charge in [-0.1, -0.05) is 46.3 Å². The minimum Gasteiger partial charge on any atom is -0.484 e. The van der Waals surface area contributed by atoms with Gasteiger partial charge in [-0.2, -0.15) is 9.78 Å². The number of halogens is 1. The lowest BCUT2D eigenvalue weighted by Gasteiger charge is -2.12. The third kappa shape index (κ3) is 6.05. The minimum atomic E-state index is -0.300. The highest BCUT2D eigenvalue weighted by Crippen LogP contribution is 2.29. The van der Waals surface area contributed by atoms with Gasteiger partial charge in [0.1, 0.15) is 11.3 Å². The number of hydrogen-bond donors (Lipinski definition) is 1. The van der Waals surface area contributed by atoms with Gasteiger partial charge in [-0.05, 0) is 99.1 Å². The summed E-state index contributed by atoms with van der Waals surface area (Å²) in [4.78, 5) is 31.0. The first-order valence-electron chi connectivity index (χ1n) is 15.3. The molecule has 0 spiro atoms. The van der Waals surface area contributed by atoms with E-state index >= 15 is 0 Å². The first-order chi connectivity index (χ1) is 23.2. The molecular weight excluding hydrogens is 670 g/mol. The number of rotatable bonds is 8. The number of nitrogens with one attached hydrogen (secondary N) is 1. The van der Waals surface area contributed by atoms with Crippen LogP contribution in [0.4, 0.5) is 5.69 Å². The van der Waals surface area contributed by atoms with E-state index in [-0.39, 0.29) is 18.1 Å². The number of aryl methyl sites for hydroxylation is 2. The Kier molecular flexibility index (Phi) is 8.24. The number of aromatic nitrogens is 3. The lowest BCUT2D eigenvalue weighted by molar-refractivity contribution is -0.118. The fourth-order valence-corrected chi connectivity index (χ4v) is 6.07. The summed E-state index contributed by atoms with van der Waals surface area (Å²) in [5, 5.41) is 8.88. The van der Waals surface area contributed by atoms with Crippen molar-refractivity contribution in [2.75, 3.05) is 11.9 Å². The zero-order chi connectivity index (χ0) is 33.4. The summed E-state index contributed by atoms with van der Waals surface area (Å²) in [6.07, 6.45) is 1.67. The average molecular weight is 701 g/mol. The molecule has 3 aromatic heterocycles. The van der Waals surface area contributed by atoms with E-state index in [0.717, 1.165) is 43.7 Å². The molecule has 1 N–H and O–H groups in total. The third-order valence-corrected chi connectivity index (χ3v) is 8.61. The highest BCUT2D eigenvalue weighted by molar-refractivity contribution is 9.10. The maximum absolute atomic E-state index is 13.7. The second kappa shape index (κ2) is 12.8. The number of nitrogens with zero attached hydrogens (tertiary/aromatic N) is 4. The molecule has 9 nitrogen and oxygen atoms in total. The number of amides is 1. The zero-order valence-corrected chi connectivity index (χ0v) is 28.0. The van der Waals surface area contributed by atoms with Gasteiger partial charge in [0, 0.05) is 38.2 Å². The van der Waals surface area contributed by atoms with Crippen LogP contribution < -0.4 is 15.6 Å². The summed E-state index contributed by atoms with van der Waals surface area (Å²) < 4.78 is 16.2. The fourth-order valence-electron chi connectivity index (χ4n) is 5.69. The van der Waals surface area contributed by atoms with Gasteiger partial charge >= 0.3 is 0 Å². The average Bonchev–Trinajstić information content (AvgIpc) is 3.63. The highest BCUT2D eigenvalue weighted by atomic mass is 79.9. The van der Waals surface area contributed by atoms with Gasteiger partial charge < -0.3 is 19.0 Å². The molecule has 7 aromatic rings. The number of ether oxygens (including phenoxy) is 1. The normalized spacial score (nSPS) is 11.5. The van der Waals surface area contributed by atoms with Crippen LogP contribution in [0.15, 0.2) is 122 Å². The third-order valence-electron chi connectivity index (χ3n) is 8.12. The van der Waals surface area contributed by atoms with E-state index in [1.807, 2.05) is 112 Å². The fraction of sp³-hybridized carbons (Fsp3) is 0.105. The molecule has 1 amide bonds. The van der Waals surface area contributed by atoms with Gasteiger partial charge in [0.25, 0.3) is 11.5 Å². The van der Waals surface area contributed by atoms with Crippen LogP contribution in [0.2, 0.25) is 0 Å². The van der Waals surface area contributed by atoms with Crippen LogP contribution in [-0.4, -0.2) is 33.0 Å². The molecule has 0 aliphatic carbocycles. The predicted octanol–water partition coefficient (Wildman–Crippen LogP) is 8.19. The maximum Gasteiger partial charge on any atom is 0.282 e. The first kappa shape index (κ1) is 30.9. The van der Waals surface area contributed by atoms with Crippen molar-refractivity contribution in [1.82, 2.24) is 14.2 Å². The van der Waals surface area contributed by atoms with E-state index in [4.69, 9.17) is 14.1 Å². The summed E-state index contributed by atoms with van der Waals surface area (Å²) in [7, 11) is 0.